The van der Waals surface area contributed by atoms with Crippen LogP contribution in [0.2, 0.25) is 0 Å². The Balaban J connectivity index is 1.49. The third kappa shape index (κ3) is 3.57. The summed E-state index contributed by atoms with van der Waals surface area (Å²) in [5.74, 6) is 0.550. The van der Waals surface area contributed by atoms with Crippen LogP contribution in [0.25, 0.3) is 11.3 Å². The highest BCUT2D eigenvalue weighted by molar-refractivity contribution is 7.14. The van der Waals surface area contributed by atoms with Gasteiger partial charge in [0, 0.05) is 28.7 Å². The van der Waals surface area contributed by atoms with Gasteiger partial charge in [0.15, 0.2) is 5.13 Å². The zero-order chi connectivity index (χ0) is 19.1. The van der Waals surface area contributed by atoms with E-state index in [0.29, 0.717) is 23.8 Å². The van der Waals surface area contributed by atoms with Crippen LogP contribution in [0.1, 0.15) is 48.8 Å². The van der Waals surface area contributed by atoms with E-state index in [1.165, 1.54) is 28.0 Å². The van der Waals surface area contributed by atoms with Crippen molar-refractivity contribution in [2.45, 2.75) is 52.9 Å². The highest BCUT2D eigenvalue weighted by atomic mass is 32.1. The number of carbonyl (C=O) groups is 2. The number of amides is 1. The van der Waals surface area contributed by atoms with Gasteiger partial charge in [-0.25, -0.2) is 4.98 Å². The largest absolute Gasteiger partial charge is 0.302 e. The van der Waals surface area contributed by atoms with Gasteiger partial charge in [0.05, 0.1) is 5.69 Å². The molecule has 1 aromatic carbocycles. The fourth-order valence-electron chi connectivity index (χ4n) is 4.93. The molecule has 0 aliphatic heterocycles. The first-order valence-electron chi connectivity index (χ1n) is 9.80. The summed E-state index contributed by atoms with van der Waals surface area (Å²) in [6.07, 6.45) is 4.44. The molecule has 2 aromatic rings. The van der Waals surface area contributed by atoms with Crippen molar-refractivity contribution in [1.29, 1.82) is 0 Å². The summed E-state index contributed by atoms with van der Waals surface area (Å²) in [7, 11) is 0. The molecule has 1 N–H and O–H groups in total. The summed E-state index contributed by atoms with van der Waals surface area (Å²) in [4.78, 5) is 29.7. The van der Waals surface area contributed by atoms with Crippen LogP contribution in [-0.2, 0) is 9.59 Å². The van der Waals surface area contributed by atoms with Gasteiger partial charge in [0.1, 0.15) is 5.78 Å². The van der Waals surface area contributed by atoms with Gasteiger partial charge in [0.25, 0.3) is 0 Å². The topological polar surface area (TPSA) is 59.1 Å². The summed E-state index contributed by atoms with van der Waals surface area (Å²) < 4.78 is 0. The molecule has 142 valence electrons. The molecule has 2 saturated carbocycles. The number of nitrogens with zero attached hydrogens (tertiary/aromatic N) is 1. The Morgan fingerprint density at radius 2 is 1.74 bits per heavy atom. The minimum Gasteiger partial charge on any atom is -0.302 e. The van der Waals surface area contributed by atoms with Gasteiger partial charge < -0.3 is 5.32 Å². The second-order valence-corrected chi connectivity index (χ2v) is 9.05. The van der Waals surface area contributed by atoms with Crippen molar-refractivity contribution >= 4 is 28.2 Å². The van der Waals surface area contributed by atoms with E-state index in [1.54, 1.807) is 0 Å². The van der Waals surface area contributed by atoms with Gasteiger partial charge in [-0.2, -0.15) is 0 Å². The van der Waals surface area contributed by atoms with Gasteiger partial charge in [-0.3, -0.25) is 9.59 Å². The molecule has 1 amide bonds. The molecular formula is C22H26N2O2S. The molecule has 1 aromatic heterocycles. The van der Waals surface area contributed by atoms with Crippen LogP contribution < -0.4 is 5.32 Å². The number of carbonyl (C=O) groups excluding carboxylic acids is 2. The Kier molecular flexibility index (Phi) is 4.89. The van der Waals surface area contributed by atoms with E-state index in [0.717, 1.165) is 30.5 Å². The quantitative estimate of drug-likeness (QED) is 0.806. The molecule has 5 heteroatoms. The Labute approximate surface area is 164 Å². The lowest BCUT2D eigenvalue weighted by atomic mass is 9.67. The Bertz CT molecular complexity index is 862. The molecule has 3 atom stereocenters. The smallest absolute Gasteiger partial charge is 0.229 e. The predicted octanol–water partition coefficient (Wildman–Crippen LogP) is 5.07. The van der Waals surface area contributed by atoms with Crippen LogP contribution in [0, 0.1) is 38.5 Å². The number of aryl methyl sites for hydroxylation is 3. The molecule has 4 nitrogen and oxygen atoms in total. The van der Waals surface area contributed by atoms with E-state index in [4.69, 9.17) is 0 Å². The van der Waals surface area contributed by atoms with Gasteiger partial charge in [0.2, 0.25) is 5.91 Å². The Morgan fingerprint density at radius 1 is 1.11 bits per heavy atom. The number of nitrogens with one attached hydrogen (secondary N) is 1. The number of fused-ring (bicyclic) bond motifs is 2. The lowest BCUT2D eigenvalue weighted by molar-refractivity contribution is -0.136. The lowest BCUT2D eigenvalue weighted by Gasteiger charge is -2.36. The van der Waals surface area contributed by atoms with Crippen LogP contribution in [0.15, 0.2) is 17.5 Å². The maximum Gasteiger partial charge on any atom is 0.229 e. The van der Waals surface area contributed by atoms with E-state index in [9.17, 15) is 9.59 Å². The minimum atomic E-state index is -0.0619. The maximum absolute atomic E-state index is 12.8. The Hall–Kier alpha value is -2.01. The van der Waals surface area contributed by atoms with Crippen molar-refractivity contribution in [3.8, 4) is 11.3 Å². The average Bonchev–Trinajstić information content (AvgIpc) is 3.01. The van der Waals surface area contributed by atoms with Crippen LogP contribution in [0.3, 0.4) is 0 Å². The van der Waals surface area contributed by atoms with Gasteiger partial charge in [-0.15, -0.1) is 11.3 Å². The number of rotatable bonds is 3. The number of aromatic nitrogens is 1. The monoisotopic (exact) mass is 382 g/mol. The zero-order valence-corrected chi connectivity index (χ0v) is 17.0. The molecule has 1 heterocycles. The molecule has 0 spiro atoms. The number of ketones is 1. The molecule has 2 fully saturated rings. The van der Waals surface area contributed by atoms with Gasteiger partial charge in [-0.05, 0) is 57.6 Å². The second-order valence-electron chi connectivity index (χ2n) is 8.20. The van der Waals surface area contributed by atoms with E-state index >= 15 is 0 Å². The molecule has 2 bridgehead atoms. The molecule has 1 unspecified atom stereocenters. The van der Waals surface area contributed by atoms with Crippen LogP contribution in [0.4, 0.5) is 5.13 Å². The first-order valence-corrected chi connectivity index (χ1v) is 10.7. The fraction of sp³-hybridized carbons (Fsp3) is 0.500. The minimum absolute atomic E-state index is 0.0256. The molecule has 2 aliphatic carbocycles. The van der Waals surface area contributed by atoms with E-state index in [1.807, 2.05) is 5.38 Å². The standard InChI is InChI=1S/C22H26N2O2S/c1-12-7-13(2)19(14(3)8-12)18-11-27-22(23-18)24-21(26)17-9-15-5-4-6-16(10-17)20(15)25/h7-8,11,15-17H,4-6,9-10H2,1-3H3,(H,23,24,26)/t15-,16+,17?. The molecule has 4 rings (SSSR count). The van der Waals surface area contributed by atoms with Crippen molar-refractivity contribution in [1.82, 2.24) is 4.98 Å². The van der Waals surface area contributed by atoms with Crippen molar-refractivity contribution in [3.63, 3.8) is 0 Å². The molecular weight excluding hydrogens is 356 g/mol. The molecule has 2 aliphatic rings. The highest BCUT2D eigenvalue weighted by Crippen LogP contribution is 2.40. The summed E-state index contributed by atoms with van der Waals surface area (Å²) >= 11 is 1.47. The van der Waals surface area contributed by atoms with Crippen LogP contribution in [0.5, 0.6) is 0 Å². The number of benzene rings is 1. The number of hydrogen-bond acceptors (Lipinski definition) is 4. The molecule has 0 radical (unpaired) electrons. The van der Waals surface area contributed by atoms with E-state index < -0.39 is 0 Å². The number of Topliss-reactive ketones (excluding diaryl/α,β-unsaturated/α-hetero) is 1. The third-order valence-corrected chi connectivity index (χ3v) is 6.84. The SMILES string of the molecule is Cc1cc(C)c(-c2csc(NC(=O)C3C[C@H]4CCC[C@@H](C3)C4=O)n2)c(C)c1. The maximum atomic E-state index is 12.8. The van der Waals surface area contributed by atoms with Crippen molar-refractivity contribution in [2.24, 2.45) is 17.8 Å². The average molecular weight is 383 g/mol. The summed E-state index contributed by atoms with van der Waals surface area (Å²) in [5, 5.41) is 5.68. The number of hydrogen-bond donors (Lipinski definition) is 1. The molecule has 0 saturated heterocycles. The zero-order valence-electron chi connectivity index (χ0n) is 16.2. The number of thiazole rings is 1. The molecule has 27 heavy (non-hydrogen) atoms. The van der Waals surface area contributed by atoms with Crippen molar-refractivity contribution in [2.75, 3.05) is 5.32 Å². The van der Waals surface area contributed by atoms with Crippen molar-refractivity contribution < 1.29 is 9.59 Å². The van der Waals surface area contributed by atoms with E-state index in [-0.39, 0.29) is 23.7 Å². The third-order valence-electron chi connectivity index (χ3n) is 6.09. The summed E-state index contributed by atoms with van der Waals surface area (Å²) in [5.41, 5.74) is 5.72. The fourth-order valence-corrected chi connectivity index (χ4v) is 5.64. The first-order chi connectivity index (χ1) is 12.9. The normalized spacial score (nSPS) is 24.7. The highest BCUT2D eigenvalue weighted by Gasteiger charge is 2.41. The second kappa shape index (κ2) is 7.19. The first kappa shape index (κ1) is 18.4. The van der Waals surface area contributed by atoms with Crippen LogP contribution >= 0.6 is 11.3 Å². The number of anilines is 1. The van der Waals surface area contributed by atoms with Gasteiger partial charge in [-0.1, -0.05) is 24.1 Å². The van der Waals surface area contributed by atoms with E-state index in [2.05, 4.69) is 43.2 Å². The van der Waals surface area contributed by atoms with Gasteiger partial charge >= 0.3 is 0 Å². The lowest BCUT2D eigenvalue weighted by Crippen LogP contribution is -2.40. The Morgan fingerprint density at radius 3 is 2.37 bits per heavy atom. The van der Waals surface area contributed by atoms with Crippen LogP contribution in [-0.4, -0.2) is 16.7 Å². The summed E-state index contributed by atoms with van der Waals surface area (Å²) in [6.45, 7) is 6.30. The predicted molar refractivity (Wildman–Crippen MR) is 109 cm³/mol. The van der Waals surface area contributed by atoms with Crippen molar-refractivity contribution in [3.05, 3.63) is 34.2 Å². The summed E-state index contributed by atoms with van der Waals surface area (Å²) in [6, 6.07) is 4.33.